The minimum absolute atomic E-state index is 0.0106. The van der Waals surface area contributed by atoms with Gasteiger partial charge in [0.2, 0.25) is 27.7 Å². The highest BCUT2D eigenvalue weighted by atomic mass is 32.2. The van der Waals surface area contributed by atoms with E-state index in [9.17, 15) is 32.4 Å². The number of amides is 5. The number of aromatic nitrogens is 1. The van der Waals surface area contributed by atoms with Crippen LogP contribution in [0.2, 0.25) is 0 Å². The van der Waals surface area contributed by atoms with E-state index in [2.05, 4.69) is 32.2 Å². The molecule has 4 N–H and O–H groups in total. The van der Waals surface area contributed by atoms with Crippen molar-refractivity contribution in [1.82, 2.24) is 30.6 Å². The molecule has 0 unspecified atom stereocenters. The molecule has 3 aromatic carbocycles. The summed E-state index contributed by atoms with van der Waals surface area (Å²) in [5, 5.41) is 8.63. The van der Waals surface area contributed by atoms with Gasteiger partial charge in [0.1, 0.15) is 41.7 Å². The van der Waals surface area contributed by atoms with Gasteiger partial charge >= 0.3 is 12.2 Å². The van der Waals surface area contributed by atoms with Crippen LogP contribution in [-0.2, 0) is 33.9 Å². The number of nitrogens with zero attached hydrogens (tertiary/aromatic N) is 2. The predicted molar refractivity (Wildman–Crippen MR) is 238 cm³/mol. The number of alkyl carbamates (subject to hydrolysis) is 2. The van der Waals surface area contributed by atoms with Crippen molar-refractivity contribution in [2.24, 2.45) is 5.92 Å². The molecule has 0 spiro atoms. The van der Waals surface area contributed by atoms with E-state index in [1.54, 1.807) is 58.3 Å². The van der Waals surface area contributed by atoms with Crippen molar-refractivity contribution >= 4 is 50.7 Å². The number of likely N-dealkylation sites (tertiary alicyclic amines) is 1. The Balaban J connectivity index is 1.04. The molecule has 1 aliphatic heterocycles. The summed E-state index contributed by atoms with van der Waals surface area (Å²) in [6.07, 6.45) is 1.16. The fourth-order valence-electron chi connectivity index (χ4n) is 8.59. The number of hydrogen-bond donors (Lipinski definition) is 4. The highest BCUT2D eigenvalue weighted by Crippen LogP contribution is 2.46. The van der Waals surface area contributed by atoms with Crippen LogP contribution in [0.4, 0.5) is 9.59 Å². The van der Waals surface area contributed by atoms with Gasteiger partial charge in [0.15, 0.2) is 0 Å². The second-order valence-corrected chi connectivity index (χ2v) is 19.7. The lowest BCUT2D eigenvalue weighted by atomic mass is 9.98. The summed E-state index contributed by atoms with van der Waals surface area (Å²) in [5.74, 6) is -2.47. The number of benzene rings is 3. The summed E-state index contributed by atoms with van der Waals surface area (Å²) in [6, 6.07) is 20.0. The Kier molecular flexibility index (Phi) is 12.2. The molecule has 18 heteroatoms. The fraction of sp³-hybridized carbons (Fsp3) is 0.404. The van der Waals surface area contributed by atoms with E-state index in [0.29, 0.717) is 24.0 Å². The van der Waals surface area contributed by atoms with Crippen molar-refractivity contribution in [3.05, 3.63) is 103 Å². The molecule has 65 heavy (non-hydrogen) atoms. The molecule has 2 heterocycles. The van der Waals surface area contributed by atoms with Crippen LogP contribution in [0.1, 0.15) is 63.5 Å². The number of carbonyl (C=O) groups is 5. The fourth-order valence-corrected chi connectivity index (χ4v) is 9.95. The summed E-state index contributed by atoms with van der Waals surface area (Å²) < 4.78 is 50.8. The second kappa shape index (κ2) is 17.7. The smallest absolute Gasteiger partial charge is 0.408 e. The van der Waals surface area contributed by atoms with Gasteiger partial charge in [0, 0.05) is 29.8 Å². The van der Waals surface area contributed by atoms with Crippen LogP contribution in [-0.4, -0.2) is 110 Å². The van der Waals surface area contributed by atoms with E-state index in [1.165, 1.54) is 11.0 Å². The molecule has 1 aromatic heterocycles. The number of fused-ring (bicyclic) bond motifs is 4. The summed E-state index contributed by atoms with van der Waals surface area (Å²) in [7, 11) is -2.42. The summed E-state index contributed by atoms with van der Waals surface area (Å²) >= 11 is 0. The van der Waals surface area contributed by atoms with E-state index >= 15 is 0 Å². The minimum Gasteiger partial charge on any atom is -0.497 e. The van der Waals surface area contributed by atoms with E-state index in [0.717, 1.165) is 27.6 Å². The number of sulfonamides is 1. The third-order valence-corrected chi connectivity index (χ3v) is 13.9. The summed E-state index contributed by atoms with van der Waals surface area (Å²) in [5.41, 5.74) is 1.49. The van der Waals surface area contributed by atoms with Crippen molar-refractivity contribution in [2.75, 3.05) is 26.8 Å². The van der Waals surface area contributed by atoms with Crippen molar-refractivity contribution in [3.8, 4) is 22.8 Å². The zero-order valence-electron chi connectivity index (χ0n) is 36.5. The summed E-state index contributed by atoms with van der Waals surface area (Å²) in [6.45, 7) is 8.05. The normalized spacial score (nSPS) is 21.5. The van der Waals surface area contributed by atoms with Gasteiger partial charge in [-0.25, -0.2) is 23.0 Å². The first kappa shape index (κ1) is 44.9. The second-order valence-electron chi connectivity index (χ2n) is 17.8. The molecule has 0 radical (unpaired) electrons. The first-order valence-corrected chi connectivity index (χ1v) is 23.0. The van der Waals surface area contributed by atoms with Gasteiger partial charge in [0.05, 0.1) is 25.4 Å². The number of pyridine rings is 1. The zero-order valence-corrected chi connectivity index (χ0v) is 37.3. The molecule has 1 saturated heterocycles. The van der Waals surface area contributed by atoms with Gasteiger partial charge < -0.3 is 39.8 Å². The third-order valence-electron chi connectivity index (χ3n) is 12.1. The minimum atomic E-state index is -3.97. The Hall–Kier alpha value is -6.69. The van der Waals surface area contributed by atoms with Crippen LogP contribution in [0.5, 0.6) is 11.6 Å². The lowest BCUT2D eigenvalue weighted by Gasteiger charge is -2.30. The lowest BCUT2D eigenvalue weighted by Crippen LogP contribution is -2.60. The van der Waals surface area contributed by atoms with E-state index in [1.807, 2.05) is 48.5 Å². The molecule has 4 aliphatic rings. The first-order chi connectivity index (χ1) is 31.0. The van der Waals surface area contributed by atoms with Crippen LogP contribution >= 0.6 is 0 Å². The van der Waals surface area contributed by atoms with Crippen LogP contribution in [0.25, 0.3) is 21.9 Å². The van der Waals surface area contributed by atoms with Crippen LogP contribution < -0.4 is 30.1 Å². The predicted octanol–water partition coefficient (Wildman–Crippen LogP) is 4.69. The Bertz CT molecular complexity index is 2620. The van der Waals surface area contributed by atoms with Gasteiger partial charge in [-0.15, -0.1) is 6.58 Å². The molecule has 3 aliphatic carbocycles. The maximum Gasteiger partial charge on any atom is 0.408 e. The molecule has 2 saturated carbocycles. The van der Waals surface area contributed by atoms with E-state index in [4.69, 9.17) is 18.9 Å². The molecule has 5 amide bonds. The molecule has 0 bridgehead atoms. The van der Waals surface area contributed by atoms with Crippen LogP contribution in [0.3, 0.4) is 0 Å². The van der Waals surface area contributed by atoms with Crippen molar-refractivity contribution in [2.45, 2.75) is 86.9 Å². The standard InChI is InChI=1S/C47H52N6O11S/c1-6-28-23-47(28,43(56)52-65(59,60)31-16-17-31)51-40(54)39-22-30(63-41-32-18-15-29(61-5)21-27(32)19-20-48-41)25-53(39)42(55)38(50-45(58)64-46(2,3)4)24-49-44(57)62-26-37-35-13-9-7-11-33(35)34-12-8-10-14-36(34)37/h6-15,18-21,28,30-31,37-39H,1,16-17,22-26H2,2-5H3,(H,49,57)(H,50,58)(H,51,54)(H,52,56)/t28-,30-,38+,39+,47-/m1/s1. The van der Waals surface area contributed by atoms with E-state index in [-0.39, 0.29) is 37.8 Å². The van der Waals surface area contributed by atoms with Gasteiger partial charge in [-0.3, -0.25) is 19.1 Å². The van der Waals surface area contributed by atoms with Crippen molar-refractivity contribution in [1.29, 1.82) is 0 Å². The Morgan fingerprint density at radius 2 is 1.66 bits per heavy atom. The molecular weight excluding hydrogens is 857 g/mol. The molecule has 3 fully saturated rings. The summed E-state index contributed by atoms with van der Waals surface area (Å²) in [4.78, 5) is 75.3. The molecule has 342 valence electrons. The van der Waals surface area contributed by atoms with Crippen molar-refractivity contribution < 1.29 is 51.3 Å². The van der Waals surface area contributed by atoms with Gasteiger partial charge in [0.25, 0.3) is 5.91 Å². The maximum absolute atomic E-state index is 14.8. The number of methoxy groups -OCH3 is 1. The van der Waals surface area contributed by atoms with Crippen LogP contribution in [0.15, 0.2) is 91.6 Å². The van der Waals surface area contributed by atoms with Crippen LogP contribution in [0, 0.1) is 5.92 Å². The highest BCUT2D eigenvalue weighted by molar-refractivity contribution is 7.91. The zero-order chi connectivity index (χ0) is 46.3. The average Bonchev–Trinajstić information content (AvgIpc) is 4.19. The van der Waals surface area contributed by atoms with Gasteiger partial charge in [-0.05, 0) is 91.9 Å². The molecule has 4 aromatic rings. The number of ether oxygens (including phenoxy) is 4. The van der Waals surface area contributed by atoms with E-state index < -0.39 is 87.0 Å². The molecular formula is C47H52N6O11S. The largest absolute Gasteiger partial charge is 0.497 e. The Labute approximate surface area is 376 Å². The highest BCUT2D eigenvalue weighted by Gasteiger charge is 2.62. The SMILES string of the molecule is C=C[C@@H]1C[C@]1(NC(=O)[C@@H]1C[C@@H](Oc2nccc3cc(OC)ccc23)CN1C(=O)[C@H](CNC(=O)OCC1c2ccccc2-c2ccccc21)NC(=O)OC(C)(C)C)C(=O)NS(=O)(=O)C1CC1. The number of nitrogens with one attached hydrogen (secondary N) is 4. The molecule has 5 atom stereocenters. The first-order valence-electron chi connectivity index (χ1n) is 21.5. The van der Waals surface area contributed by atoms with Crippen molar-refractivity contribution in [3.63, 3.8) is 0 Å². The number of hydrogen-bond acceptors (Lipinski definition) is 12. The average molecular weight is 909 g/mol. The monoisotopic (exact) mass is 908 g/mol. The van der Waals surface area contributed by atoms with Gasteiger partial charge in [-0.2, -0.15) is 0 Å². The Morgan fingerprint density at radius 3 is 2.29 bits per heavy atom. The molecule has 17 nitrogen and oxygen atoms in total. The Morgan fingerprint density at radius 1 is 0.969 bits per heavy atom. The quantitative estimate of drug-likeness (QED) is 0.119. The lowest BCUT2D eigenvalue weighted by molar-refractivity contribution is -0.141. The number of carbonyl (C=O) groups excluding carboxylic acids is 5. The van der Waals surface area contributed by atoms with Gasteiger partial charge in [-0.1, -0.05) is 54.6 Å². The maximum atomic E-state index is 14.8. The molecule has 8 rings (SSSR count). The number of rotatable bonds is 15. The third kappa shape index (κ3) is 9.58. The topological polar surface area (TPSA) is 221 Å².